The fraction of sp³-hybridized carbons (Fsp3) is 0.267. The Morgan fingerprint density at radius 1 is 1.18 bits per heavy atom. The van der Waals surface area contributed by atoms with Crippen molar-refractivity contribution in [1.29, 1.82) is 0 Å². The van der Waals surface area contributed by atoms with Crippen LogP contribution in [0.15, 0.2) is 39.4 Å². The third-order valence-electron chi connectivity index (χ3n) is 3.59. The number of nitrogens with one attached hydrogen (secondary N) is 1. The molecule has 1 aromatic carbocycles. The molecule has 152 valence electrons. The van der Waals surface area contributed by atoms with E-state index in [1.54, 1.807) is 0 Å². The van der Waals surface area contributed by atoms with Crippen LogP contribution < -0.4 is 5.32 Å². The molecule has 2 rings (SSSR count). The van der Waals surface area contributed by atoms with E-state index >= 15 is 0 Å². The van der Waals surface area contributed by atoms with Crippen molar-refractivity contribution in [3.05, 3.63) is 50.9 Å². The predicted octanol–water partition coefficient (Wildman–Crippen LogP) is 1.24. The Labute approximate surface area is 165 Å². The quantitative estimate of drug-likeness (QED) is 0.497. The molecule has 0 saturated carbocycles. The zero-order valence-electron chi connectivity index (χ0n) is 15.1. The summed E-state index contributed by atoms with van der Waals surface area (Å²) in [4.78, 5) is 22.7. The molecule has 1 aromatic heterocycles. The molecule has 0 unspecified atom stereocenters. The lowest BCUT2D eigenvalue weighted by Crippen LogP contribution is -2.23. The summed E-state index contributed by atoms with van der Waals surface area (Å²) in [6.45, 7) is -0.0245. The highest BCUT2D eigenvalue weighted by Gasteiger charge is 2.21. The second-order valence-corrected chi connectivity index (χ2v) is 11.5. The number of sulfonamides is 1. The summed E-state index contributed by atoms with van der Waals surface area (Å²) in [5.41, 5.74) is -0.712. The van der Waals surface area contributed by atoms with Crippen molar-refractivity contribution in [2.75, 3.05) is 20.4 Å². The topological polar surface area (TPSA) is 144 Å². The predicted molar refractivity (Wildman–Crippen MR) is 103 cm³/mol. The van der Waals surface area contributed by atoms with Crippen molar-refractivity contribution >= 4 is 42.8 Å². The Morgan fingerprint density at radius 2 is 1.82 bits per heavy atom. The summed E-state index contributed by atoms with van der Waals surface area (Å²) in [6.07, 6.45) is 0.881. The van der Waals surface area contributed by atoms with E-state index in [0.29, 0.717) is 4.88 Å². The standard InChI is InChI=1S/C15H17N3O7S3/c1-17(2)28(24,25)14-5-4-12(26-14)9-16-15(19)10-6-11(18(20)21)8-13(7-10)27(3,22)23/h4-8H,9H2,1-3H3,(H,16,19). The first-order chi connectivity index (χ1) is 12.8. The zero-order chi connectivity index (χ0) is 21.3. The monoisotopic (exact) mass is 447 g/mol. The normalized spacial score (nSPS) is 12.1. The Bertz CT molecular complexity index is 1140. The summed E-state index contributed by atoms with van der Waals surface area (Å²) in [7, 11) is -4.54. The molecule has 0 atom stereocenters. The molecule has 0 aliphatic carbocycles. The highest BCUT2D eigenvalue weighted by atomic mass is 32.2. The lowest BCUT2D eigenvalue weighted by Gasteiger charge is -2.08. The van der Waals surface area contributed by atoms with Gasteiger partial charge in [0.1, 0.15) is 4.21 Å². The number of sulfone groups is 1. The molecular formula is C15H17N3O7S3. The van der Waals surface area contributed by atoms with Crippen LogP contribution in [-0.4, -0.2) is 52.3 Å². The number of rotatable bonds is 7. The molecular weight excluding hydrogens is 430 g/mol. The van der Waals surface area contributed by atoms with Crippen LogP contribution in [0.1, 0.15) is 15.2 Å². The van der Waals surface area contributed by atoms with Crippen molar-refractivity contribution in [2.24, 2.45) is 0 Å². The minimum atomic E-state index is -3.76. The molecule has 0 fully saturated rings. The molecule has 0 saturated heterocycles. The van der Waals surface area contributed by atoms with Crippen LogP contribution in [-0.2, 0) is 26.4 Å². The molecule has 0 aliphatic heterocycles. The minimum absolute atomic E-state index is 0.0245. The van der Waals surface area contributed by atoms with Gasteiger partial charge in [-0.15, -0.1) is 11.3 Å². The number of nitro groups is 1. The summed E-state index contributed by atoms with van der Waals surface area (Å²) >= 11 is 0.972. The van der Waals surface area contributed by atoms with Gasteiger partial charge < -0.3 is 5.32 Å². The fourth-order valence-corrected chi connectivity index (χ4v) is 5.22. The van der Waals surface area contributed by atoms with Crippen molar-refractivity contribution in [3.8, 4) is 0 Å². The number of nitrogens with zero attached hydrogens (tertiary/aromatic N) is 2. The van der Waals surface area contributed by atoms with Gasteiger partial charge in [0.05, 0.1) is 16.4 Å². The lowest BCUT2D eigenvalue weighted by atomic mass is 10.2. The van der Waals surface area contributed by atoms with E-state index in [0.717, 1.165) is 40.1 Å². The van der Waals surface area contributed by atoms with Crippen LogP contribution >= 0.6 is 11.3 Å². The van der Waals surface area contributed by atoms with Gasteiger partial charge in [0.2, 0.25) is 0 Å². The maximum absolute atomic E-state index is 12.3. The molecule has 0 spiro atoms. The minimum Gasteiger partial charge on any atom is -0.347 e. The maximum atomic E-state index is 12.3. The smallest absolute Gasteiger partial charge is 0.271 e. The van der Waals surface area contributed by atoms with Gasteiger partial charge in [0, 0.05) is 42.9 Å². The number of nitro benzene ring substituents is 1. The van der Waals surface area contributed by atoms with E-state index in [4.69, 9.17) is 0 Å². The molecule has 0 radical (unpaired) electrons. The number of hydrogen-bond donors (Lipinski definition) is 1. The van der Waals surface area contributed by atoms with Crippen LogP contribution in [0.3, 0.4) is 0 Å². The molecule has 1 heterocycles. The summed E-state index contributed by atoms with van der Waals surface area (Å²) in [6, 6.07) is 5.85. The van der Waals surface area contributed by atoms with Crippen LogP contribution in [0.2, 0.25) is 0 Å². The molecule has 10 nitrogen and oxygen atoms in total. The number of thiophene rings is 1. The Balaban J connectivity index is 2.23. The largest absolute Gasteiger partial charge is 0.347 e. The van der Waals surface area contributed by atoms with Gasteiger partial charge in [-0.05, 0) is 18.2 Å². The first-order valence-electron chi connectivity index (χ1n) is 7.61. The van der Waals surface area contributed by atoms with Gasteiger partial charge in [-0.2, -0.15) is 0 Å². The van der Waals surface area contributed by atoms with Gasteiger partial charge in [0.25, 0.3) is 21.6 Å². The third kappa shape index (κ3) is 4.92. The van der Waals surface area contributed by atoms with E-state index < -0.39 is 36.4 Å². The summed E-state index contributed by atoms with van der Waals surface area (Å²) in [5.74, 6) is -0.723. The number of carbonyl (C=O) groups excluding carboxylic acids is 1. The van der Waals surface area contributed by atoms with Crippen molar-refractivity contribution in [1.82, 2.24) is 9.62 Å². The number of benzene rings is 1. The van der Waals surface area contributed by atoms with Crippen LogP contribution in [0.4, 0.5) is 5.69 Å². The zero-order valence-corrected chi connectivity index (χ0v) is 17.5. The molecule has 1 amide bonds. The van der Waals surface area contributed by atoms with Crippen molar-refractivity contribution < 1.29 is 26.6 Å². The Morgan fingerprint density at radius 3 is 2.36 bits per heavy atom. The fourth-order valence-electron chi connectivity index (χ4n) is 2.08. The number of non-ortho nitro benzene ring substituents is 1. The maximum Gasteiger partial charge on any atom is 0.271 e. The van der Waals surface area contributed by atoms with Gasteiger partial charge in [0.15, 0.2) is 9.84 Å². The molecule has 13 heteroatoms. The number of carbonyl (C=O) groups is 1. The lowest BCUT2D eigenvalue weighted by molar-refractivity contribution is -0.385. The molecule has 0 bridgehead atoms. The van der Waals surface area contributed by atoms with Gasteiger partial charge in [-0.3, -0.25) is 14.9 Å². The molecule has 0 aliphatic rings. The van der Waals surface area contributed by atoms with E-state index in [-0.39, 0.29) is 21.2 Å². The molecule has 1 N–H and O–H groups in total. The van der Waals surface area contributed by atoms with Gasteiger partial charge in [-0.25, -0.2) is 21.1 Å². The summed E-state index contributed by atoms with van der Waals surface area (Å²) in [5, 5.41) is 13.5. The van der Waals surface area contributed by atoms with Gasteiger partial charge >= 0.3 is 0 Å². The first-order valence-corrected chi connectivity index (χ1v) is 11.8. The first kappa shape index (κ1) is 21.9. The van der Waals surface area contributed by atoms with Crippen LogP contribution in [0.5, 0.6) is 0 Å². The second-order valence-electron chi connectivity index (χ2n) is 5.94. The van der Waals surface area contributed by atoms with Crippen molar-refractivity contribution in [3.63, 3.8) is 0 Å². The van der Waals surface area contributed by atoms with E-state index in [1.165, 1.54) is 26.2 Å². The van der Waals surface area contributed by atoms with E-state index in [9.17, 15) is 31.7 Å². The average molecular weight is 448 g/mol. The van der Waals surface area contributed by atoms with Crippen LogP contribution in [0.25, 0.3) is 0 Å². The van der Waals surface area contributed by atoms with Crippen molar-refractivity contribution in [2.45, 2.75) is 15.6 Å². The number of amides is 1. The highest BCUT2D eigenvalue weighted by Crippen LogP contribution is 2.24. The Hall–Kier alpha value is -2.35. The molecule has 28 heavy (non-hydrogen) atoms. The number of hydrogen-bond acceptors (Lipinski definition) is 8. The molecule has 2 aromatic rings. The SMILES string of the molecule is CN(C)S(=O)(=O)c1ccc(CNC(=O)c2cc([N+](=O)[O-])cc(S(C)(=O)=O)c2)s1. The van der Waals surface area contributed by atoms with E-state index in [1.807, 2.05) is 0 Å². The average Bonchev–Trinajstić information content (AvgIpc) is 3.08. The van der Waals surface area contributed by atoms with Crippen LogP contribution in [0, 0.1) is 10.1 Å². The Kier molecular flexibility index (Phi) is 6.23. The highest BCUT2D eigenvalue weighted by molar-refractivity contribution is 7.91. The second kappa shape index (κ2) is 7.95. The van der Waals surface area contributed by atoms with E-state index in [2.05, 4.69) is 5.32 Å². The third-order valence-corrected chi connectivity index (χ3v) is 8.05. The van der Waals surface area contributed by atoms with Gasteiger partial charge in [-0.1, -0.05) is 0 Å². The summed E-state index contributed by atoms with van der Waals surface area (Å²) < 4.78 is 48.7.